The van der Waals surface area contributed by atoms with Crippen molar-refractivity contribution in [2.75, 3.05) is 11.5 Å². The standard InChI is InChI=1S/C26H24N4O4S/c1-17-27-24(34-29-17)19-11-13-20(14-12-19)25(32)33-16-23(31)30(15-18-7-3-2-4-8-18)26-28-21-9-5-6-10-22(21)35-26/h2-4,7-8,11-14H,5-6,9-10,15-16H2,1H3. The van der Waals surface area contributed by atoms with E-state index in [4.69, 9.17) is 14.2 Å². The Kier molecular flexibility index (Phi) is 6.67. The minimum Gasteiger partial charge on any atom is -0.452 e. The molecule has 0 unspecified atom stereocenters. The van der Waals surface area contributed by atoms with Crippen molar-refractivity contribution in [3.63, 3.8) is 0 Å². The number of carbonyl (C=O) groups is 2. The number of carbonyl (C=O) groups excluding carboxylic acids is 2. The number of esters is 1. The minimum absolute atomic E-state index is 0.314. The number of fused-ring (bicyclic) bond motifs is 1. The molecule has 0 N–H and O–H groups in total. The van der Waals surface area contributed by atoms with Crippen LogP contribution in [0.2, 0.25) is 0 Å². The molecular weight excluding hydrogens is 464 g/mol. The van der Waals surface area contributed by atoms with Gasteiger partial charge < -0.3 is 9.26 Å². The molecule has 0 spiro atoms. The van der Waals surface area contributed by atoms with E-state index >= 15 is 0 Å². The van der Waals surface area contributed by atoms with E-state index in [1.54, 1.807) is 47.4 Å². The van der Waals surface area contributed by atoms with Crippen LogP contribution >= 0.6 is 11.3 Å². The van der Waals surface area contributed by atoms with Crippen LogP contribution in [0.5, 0.6) is 0 Å². The maximum absolute atomic E-state index is 13.2. The molecule has 0 saturated heterocycles. The van der Waals surface area contributed by atoms with Crippen molar-refractivity contribution in [2.24, 2.45) is 0 Å². The summed E-state index contributed by atoms with van der Waals surface area (Å²) < 4.78 is 10.5. The molecule has 1 aliphatic rings. The van der Waals surface area contributed by atoms with Crippen LogP contribution in [0.25, 0.3) is 11.5 Å². The summed E-state index contributed by atoms with van der Waals surface area (Å²) in [6.45, 7) is 1.72. The van der Waals surface area contributed by atoms with Gasteiger partial charge in [0.1, 0.15) is 0 Å². The molecule has 0 fully saturated rings. The van der Waals surface area contributed by atoms with Crippen molar-refractivity contribution in [1.29, 1.82) is 0 Å². The Labute approximate surface area is 206 Å². The third kappa shape index (κ3) is 5.30. The number of benzene rings is 2. The lowest BCUT2D eigenvalue weighted by atomic mass is 10.0. The Hall–Kier alpha value is -3.85. The number of ether oxygens (including phenoxy) is 1. The van der Waals surface area contributed by atoms with Gasteiger partial charge in [0.25, 0.3) is 11.8 Å². The van der Waals surface area contributed by atoms with Crippen LogP contribution in [-0.4, -0.2) is 33.6 Å². The number of amides is 1. The highest BCUT2D eigenvalue weighted by molar-refractivity contribution is 7.15. The predicted molar refractivity (Wildman–Crippen MR) is 131 cm³/mol. The van der Waals surface area contributed by atoms with Gasteiger partial charge in [0.15, 0.2) is 17.6 Å². The number of nitrogens with zero attached hydrogens (tertiary/aromatic N) is 4. The molecule has 1 amide bonds. The van der Waals surface area contributed by atoms with Crippen LogP contribution in [0.15, 0.2) is 59.1 Å². The lowest BCUT2D eigenvalue weighted by molar-refractivity contribution is -0.121. The van der Waals surface area contributed by atoms with Crippen molar-refractivity contribution >= 4 is 28.3 Å². The van der Waals surface area contributed by atoms with E-state index in [0.29, 0.717) is 34.5 Å². The molecular formula is C26H24N4O4S. The second-order valence-electron chi connectivity index (χ2n) is 8.34. The minimum atomic E-state index is -0.579. The first-order chi connectivity index (χ1) is 17.1. The molecule has 178 valence electrons. The lowest BCUT2D eigenvalue weighted by Crippen LogP contribution is -2.34. The van der Waals surface area contributed by atoms with E-state index in [1.165, 1.54) is 4.88 Å². The lowest BCUT2D eigenvalue weighted by Gasteiger charge is -2.20. The smallest absolute Gasteiger partial charge is 0.338 e. The van der Waals surface area contributed by atoms with E-state index in [0.717, 1.165) is 36.9 Å². The maximum atomic E-state index is 13.2. The van der Waals surface area contributed by atoms with Crippen molar-refractivity contribution in [3.05, 3.63) is 82.1 Å². The van der Waals surface area contributed by atoms with Gasteiger partial charge in [0, 0.05) is 10.4 Å². The normalized spacial score (nSPS) is 12.7. The highest BCUT2D eigenvalue weighted by atomic mass is 32.1. The molecule has 35 heavy (non-hydrogen) atoms. The Morgan fingerprint density at radius 2 is 1.80 bits per heavy atom. The summed E-state index contributed by atoms with van der Waals surface area (Å²) in [6.07, 6.45) is 4.19. The Balaban J connectivity index is 1.28. The first kappa shape index (κ1) is 22.9. The monoisotopic (exact) mass is 488 g/mol. The molecule has 9 heteroatoms. The average Bonchev–Trinajstić information content (AvgIpc) is 3.52. The first-order valence-corrected chi connectivity index (χ1v) is 12.3. The number of aromatic nitrogens is 3. The van der Waals surface area contributed by atoms with Gasteiger partial charge in [-0.3, -0.25) is 9.69 Å². The molecule has 2 heterocycles. The van der Waals surface area contributed by atoms with Gasteiger partial charge in [-0.05, 0) is 62.4 Å². The van der Waals surface area contributed by atoms with E-state index in [-0.39, 0.29) is 12.5 Å². The predicted octanol–water partition coefficient (Wildman–Crippen LogP) is 4.77. The highest BCUT2D eigenvalue weighted by Crippen LogP contribution is 2.32. The van der Waals surface area contributed by atoms with Crippen molar-refractivity contribution in [2.45, 2.75) is 39.2 Å². The Bertz CT molecular complexity index is 1310. The van der Waals surface area contributed by atoms with Crippen LogP contribution in [0, 0.1) is 6.92 Å². The first-order valence-electron chi connectivity index (χ1n) is 11.5. The number of thiazole rings is 1. The van der Waals surface area contributed by atoms with E-state index < -0.39 is 5.97 Å². The number of hydrogen-bond acceptors (Lipinski definition) is 8. The van der Waals surface area contributed by atoms with Crippen molar-refractivity contribution in [1.82, 2.24) is 15.1 Å². The molecule has 0 radical (unpaired) electrons. The summed E-state index contributed by atoms with van der Waals surface area (Å²) in [6, 6.07) is 16.4. The number of aryl methyl sites for hydroxylation is 3. The molecule has 0 saturated carbocycles. The second-order valence-corrected chi connectivity index (χ2v) is 9.40. The highest BCUT2D eigenvalue weighted by Gasteiger charge is 2.24. The van der Waals surface area contributed by atoms with Gasteiger partial charge >= 0.3 is 5.97 Å². The summed E-state index contributed by atoms with van der Waals surface area (Å²) >= 11 is 1.56. The third-order valence-corrected chi connectivity index (χ3v) is 6.95. The van der Waals surface area contributed by atoms with Gasteiger partial charge in [0.05, 0.1) is 17.8 Å². The Morgan fingerprint density at radius 1 is 1.03 bits per heavy atom. The summed E-state index contributed by atoms with van der Waals surface area (Å²) in [5.74, 6) is 0.0133. The van der Waals surface area contributed by atoms with E-state index in [2.05, 4.69) is 10.1 Å². The molecule has 2 aromatic carbocycles. The average molecular weight is 489 g/mol. The fourth-order valence-electron chi connectivity index (χ4n) is 3.93. The molecule has 2 aromatic heterocycles. The number of anilines is 1. The molecule has 0 atom stereocenters. The van der Waals surface area contributed by atoms with Gasteiger partial charge in [-0.15, -0.1) is 11.3 Å². The zero-order valence-electron chi connectivity index (χ0n) is 19.3. The van der Waals surface area contributed by atoms with E-state index in [1.807, 2.05) is 30.3 Å². The maximum Gasteiger partial charge on any atom is 0.338 e. The van der Waals surface area contributed by atoms with Crippen LogP contribution in [-0.2, 0) is 28.9 Å². The molecule has 0 aliphatic heterocycles. The molecule has 1 aliphatic carbocycles. The fourth-order valence-corrected chi connectivity index (χ4v) is 5.10. The third-order valence-electron chi connectivity index (χ3n) is 5.77. The van der Waals surface area contributed by atoms with Crippen LogP contribution < -0.4 is 4.90 Å². The second kappa shape index (κ2) is 10.2. The Morgan fingerprint density at radius 3 is 2.51 bits per heavy atom. The molecule has 0 bridgehead atoms. The van der Waals surface area contributed by atoms with Crippen LogP contribution in [0.1, 0.15) is 45.2 Å². The summed E-state index contributed by atoms with van der Waals surface area (Å²) in [4.78, 5) is 37.6. The van der Waals surface area contributed by atoms with Crippen LogP contribution in [0.3, 0.4) is 0 Å². The summed E-state index contributed by atoms with van der Waals surface area (Å²) in [7, 11) is 0. The quantitative estimate of drug-likeness (QED) is 0.346. The fraction of sp³-hybridized carbons (Fsp3) is 0.269. The van der Waals surface area contributed by atoms with E-state index in [9.17, 15) is 9.59 Å². The number of hydrogen-bond donors (Lipinski definition) is 0. The van der Waals surface area contributed by atoms with Gasteiger partial charge in [-0.2, -0.15) is 4.98 Å². The van der Waals surface area contributed by atoms with Crippen molar-refractivity contribution in [3.8, 4) is 11.5 Å². The largest absolute Gasteiger partial charge is 0.452 e. The van der Waals surface area contributed by atoms with Crippen LogP contribution in [0.4, 0.5) is 5.13 Å². The van der Waals surface area contributed by atoms with Gasteiger partial charge in [-0.1, -0.05) is 35.5 Å². The van der Waals surface area contributed by atoms with Gasteiger partial charge in [0.2, 0.25) is 0 Å². The topological polar surface area (TPSA) is 98.4 Å². The van der Waals surface area contributed by atoms with Crippen molar-refractivity contribution < 1.29 is 18.8 Å². The zero-order valence-corrected chi connectivity index (χ0v) is 20.1. The summed E-state index contributed by atoms with van der Waals surface area (Å²) in [5.41, 5.74) is 3.08. The molecule has 8 nitrogen and oxygen atoms in total. The zero-order chi connectivity index (χ0) is 24.2. The summed E-state index contributed by atoms with van der Waals surface area (Å²) in [5, 5.41) is 4.42. The SMILES string of the molecule is Cc1noc(-c2ccc(C(=O)OCC(=O)N(Cc3ccccc3)c3nc4c(s3)CCCC4)cc2)n1. The van der Waals surface area contributed by atoms with Gasteiger partial charge in [-0.25, -0.2) is 9.78 Å². The molecule has 5 rings (SSSR count). The molecule has 4 aromatic rings. The number of rotatable bonds is 7.